The molecule has 9 nitrogen and oxygen atoms in total. The van der Waals surface area contributed by atoms with Gasteiger partial charge in [-0.05, 0) is 60.2 Å². The van der Waals surface area contributed by atoms with E-state index in [4.69, 9.17) is 14.7 Å². The van der Waals surface area contributed by atoms with Crippen molar-refractivity contribution < 1.29 is 29.4 Å². The van der Waals surface area contributed by atoms with Gasteiger partial charge in [0.2, 0.25) is 11.8 Å². The van der Waals surface area contributed by atoms with Crippen molar-refractivity contribution in [1.29, 1.82) is 0 Å². The summed E-state index contributed by atoms with van der Waals surface area (Å²) in [5.41, 5.74) is 7.55. The Bertz CT molecular complexity index is 1390. The number of carbonyl (C=O) groups excluding carboxylic acids is 2. The van der Waals surface area contributed by atoms with Crippen molar-refractivity contribution >= 4 is 11.8 Å². The van der Waals surface area contributed by atoms with Crippen LogP contribution < -0.4 is 10.8 Å². The first-order valence-electron chi connectivity index (χ1n) is 16.6. The minimum absolute atomic E-state index is 0.0163. The maximum atomic E-state index is 12.4. The zero-order chi connectivity index (χ0) is 32.1. The average Bonchev–Trinajstić information content (AvgIpc) is 3.08. The molecule has 9 heteroatoms. The van der Waals surface area contributed by atoms with E-state index in [2.05, 4.69) is 46.6 Å². The largest absolute Gasteiger partial charge is 0.392 e. The maximum absolute atomic E-state index is 12.4. The Balaban J connectivity index is 1.28. The van der Waals surface area contributed by atoms with Crippen molar-refractivity contribution in [3.63, 3.8) is 0 Å². The summed E-state index contributed by atoms with van der Waals surface area (Å²) >= 11 is 0. The summed E-state index contributed by atoms with van der Waals surface area (Å²) in [7, 11) is 0. The molecule has 3 aromatic rings. The minimum Gasteiger partial charge on any atom is -0.392 e. The van der Waals surface area contributed by atoms with Crippen LogP contribution in [-0.4, -0.2) is 52.8 Å². The molecule has 5 rings (SSSR count). The molecule has 3 atom stereocenters. The number of rotatable bonds is 12. The van der Waals surface area contributed by atoms with E-state index in [0.29, 0.717) is 13.0 Å². The molecule has 246 valence electrons. The number of aliphatic hydroxyl groups is 1. The Kier molecular flexibility index (Phi) is 12.7. The lowest BCUT2D eigenvalue weighted by atomic mass is 9.97. The predicted octanol–water partition coefficient (Wildman–Crippen LogP) is 5.95. The fraction of sp³-hybridized carbons (Fsp3) is 0.459. The number of benzene rings is 3. The SMILES string of the molecule is O=C(CCCC(=O)NCc1ccccc1-c1ccc([C@@H]2O[C@H](CN3CCCCCCC3)C[C@H](c3ccc(CO)cc3)O2)cc1)NO. The molecule has 2 amide bonds. The lowest BCUT2D eigenvalue weighted by Crippen LogP contribution is -2.40. The Morgan fingerprint density at radius 1 is 0.804 bits per heavy atom. The highest BCUT2D eigenvalue weighted by molar-refractivity contribution is 5.78. The monoisotopic (exact) mass is 629 g/mol. The summed E-state index contributed by atoms with van der Waals surface area (Å²) in [5.74, 6) is -0.644. The van der Waals surface area contributed by atoms with Gasteiger partial charge in [0.25, 0.3) is 0 Å². The highest BCUT2D eigenvalue weighted by atomic mass is 16.7. The third-order valence-corrected chi connectivity index (χ3v) is 8.95. The predicted molar refractivity (Wildman–Crippen MR) is 175 cm³/mol. The van der Waals surface area contributed by atoms with Gasteiger partial charge in [0.15, 0.2) is 6.29 Å². The normalized spacial score (nSPS) is 20.8. The van der Waals surface area contributed by atoms with E-state index in [1.165, 1.54) is 32.1 Å². The molecule has 0 saturated carbocycles. The van der Waals surface area contributed by atoms with Crippen LogP contribution in [0.15, 0.2) is 72.8 Å². The molecule has 0 aliphatic carbocycles. The molecule has 0 unspecified atom stereocenters. The second-order valence-corrected chi connectivity index (χ2v) is 12.4. The molecule has 0 radical (unpaired) electrons. The van der Waals surface area contributed by atoms with Gasteiger partial charge in [-0.1, -0.05) is 92.1 Å². The fourth-order valence-electron chi connectivity index (χ4n) is 6.34. The van der Waals surface area contributed by atoms with Crippen LogP contribution in [0.3, 0.4) is 0 Å². The number of amides is 2. The zero-order valence-corrected chi connectivity index (χ0v) is 26.5. The molecule has 2 heterocycles. The minimum atomic E-state index is -0.507. The Hall–Kier alpha value is -3.60. The number of carbonyl (C=O) groups is 2. The van der Waals surface area contributed by atoms with Crippen molar-refractivity contribution in [3.8, 4) is 11.1 Å². The molecule has 0 aromatic heterocycles. The third kappa shape index (κ3) is 9.70. The van der Waals surface area contributed by atoms with Crippen molar-refractivity contribution in [2.75, 3.05) is 19.6 Å². The second-order valence-electron chi connectivity index (χ2n) is 12.4. The van der Waals surface area contributed by atoms with Crippen LogP contribution >= 0.6 is 0 Å². The number of nitrogens with zero attached hydrogens (tertiary/aromatic N) is 1. The summed E-state index contributed by atoms with van der Waals surface area (Å²) in [6.45, 7) is 3.49. The van der Waals surface area contributed by atoms with Gasteiger partial charge in [0.1, 0.15) is 0 Å². The molecule has 2 aliphatic heterocycles. The molecular weight excluding hydrogens is 582 g/mol. The van der Waals surface area contributed by atoms with E-state index in [1.807, 2.05) is 36.4 Å². The Morgan fingerprint density at radius 2 is 1.48 bits per heavy atom. The number of likely N-dealkylation sites (tertiary alicyclic amines) is 1. The number of hydroxylamine groups is 1. The first-order valence-corrected chi connectivity index (χ1v) is 16.6. The number of nitrogens with one attached hydrogen (secondary N) is 2. The number of hydrogen-bond acceptors (Lipinski definition) is 7. The molecule has 3 aromatic carbocycles. The van der Waals surface area contributed by atoms with E-state index in [9.17, 15) is 14.7 Å². The fourth-order valence-corrected chi connectivity index (χ4v) is 6.34. The van der Waals surface area contributed by atoms with Gasteiger partial charge >= 0.3 is 0 Å². The van der Waals surface area contributed by atoms with E-state index < -0.39 is 12.2 Å². The summed E-state index contributed by atoms with van der Waals surface area (Å²) in [6, 6.07) is 24.3. The van der Waals surface area contributed by atoms with Crippen molar-refractivity contribution in [2.24, 2.45) is 0 Å². The van der Waals surface area contributed by atoms with Gasteiger partial charge in [-0.15, -0.1) is 0 Å². The van der Waals surface area contributed by atoms with Gasteiger partial charge in [0, 0.05) is 37.9 Å². The van der Waals surface area contributed by atoms with Crippen LogP contribution in [0.2, 0.25) is 0 Å². The van der Waals surface area contributed by atoms with E-state index in [1.54, 1.807) is 5.48 Å². The molecule has 4 N–H and O–H groups in total. The van der Waals surface area contributed by atoms with Crippen LogP contribution in [0.4, 0.5) is 0 Å². The van der Waals surface area contributed by atoms with Crippen molar-refractivity contribution in [1.82, 2.24) is 15.7 Å². The maximum Gasteiger partial charge on any atom is 0.243 e. The molecule has 2 fully saturated rings. The van der Waals surface area contributed by atoms with Gasteiger partial charge in [-0.25, -0.2) is 5.48 Å². The lowest BCUT2D eigenvalue weighted by molar-refractivity contribution is -0.253. The highest BCUT2D eigenvalue weighted by Crippen LogP contribution is 2.39. The first-order chi connectivity index (χ1) is 22.5. The summed E-state index contributed by atoms with van der Waals surface area (Å²) < 4.78 is 13.2. The summed E-state index contributed by atoms with van der Waals surface area (Å²) in [4.78, 5) is 26.1. The standard InChI is InChI=1S/C37H47N3O6/c41-26-27-13-15-29(16-14-27)34-23-32(25-40-21-6-2-1-3-7-22-40)45-37(46-34)30-19-17-28(18-20-30)33-10-5-4-9-31(33)24-38-35(42)11-8-12-36(43)39-44/h4-5,9-10,13-20,32,34,37,41,44H,1-3,6-8,11-12,21-26H2,(H,38,42)(H,39,43)/t32-,34+,37+/m0/s1. The zero-order valence-electron chi connectivity index (χ0n) is 26.5. The molecule has 2 saturated heterocycles. The second kappa shape index (κ2) is 17.4. The van der Waals surface area contributed by atoms with Crippen LogP contribution in [-0.2, 0) is 32.2 Å². The van der Waals surface area contributed by atoms with E-state index >= 15 is 0 Å². The molecular formula is C37H47N3O6. The Morgan fingerprint density at radius 3 is 2.20 bits per heavy atom. The molecule has 46 heavy (non-hydrogen) atoms. The molecule has 0 spiro atoms. The highest BCUT2D eigenvalue weighted by Gasteiger charge is 2.33. The van der Waals surface area contributed by atoms with Crippen LogP contribution in [0.5, 0.6) is 0 Å². The third-order valence-electron chi connectivity index (χ3n) is 8.95. The smallest absolute Gasteiger partial charge is 0.243 e. The quantitative estimate of drug-likeness (QED) is 0.144. The number of hydrogen-bond donors (Lipinski definition) is 4. The van der Waals surface area contributed by atoms with Crippen molar-refractivity contribution in [2.45, 2.75) is 89.4 Å². The first kappa shape index (κ1) is 33.8. The molecule has 2 aliphatic rings. The van der Waals surface area contributed by atoms with E-state index in [-0.39, 0.29) is 37.6 Å². The van der Waals surface area contributed by atoms with Crippen LogP contribution in [0.1, 0.15) is 92.4 Å². The van der Waals surface area contributed by atoms with Crippen LogP contribution in [0, 0.1) is 0 Å². The number of aliphatic hydroxyl groups excluding tert-OH is 1. The molecule has 0 bridgehead atoms. The van der Waals surface area contributed by atoms with Gasteiger partial charge in [0.05, 0.1) is 18.8 Å². The van der Waals surface area contributed by atoms with Gasteiger partial charge in [-0.3, -0.25) is 14.8 Å². The lowest BCUT2D eigenvalue weighted by Gasteiger charge is -2.39. The van der Waals surface area contributed by atoms with Crippen molar-refractivity contribution in [3.05, 3.63) is 95.1 Å². The number of ether oxygens (including phenoxy) is 2. The summed E-state index contributed by atoms with van der Waals surface area (Å²) in [5, 5.41) is 21.1. The van der Waals surface area contributed by atoms with Gasteiger partial charge in [-0.2, -0.15) is 0 Å². The summed E-state index contributed by atoms with van der Waals surface area (Å²) in [6.07, 6.45) is 7.22. The Labute approximate surface area is 271 Å². The topological polar surface area (TPSA) is 120 Å². The average molecular weight is 630 g/mol. The van der Waals surface area contributed by atoms with Gasteiger partial charge < -0.3 is 24.8 Å². The van der Waals surface area contributed by atoms with E-state index in [0.717, 1.165) is 59.4 Å². The van der Waals surface area contributed by atoms with Crippen LogP contribution in [0.25, 0.3) is 11.1 Å².